The number of nitrogens with one attached hydrogen (secondary N) is 1. The third-order valence-corrected chi connectivity index (χ3v) is 4.13. The Balaban J connectivity index is 2.53. The van der Waals surface area contributed by atoms with Crippen molar-refractivity contribution in [3.05, 3.63) is 58.4 Å². The average Bonchev–Trinajstić information content (AvgIpc) is 2.44. The molecule has 0 fully saturated rings. The van der Waals surface area contributed by atoms with Crippen molar-refractivity contribution >= 4 is 0 Å². The predicted octanol–water partition coefficient (Wildman–Crippen LogP) is 5.09. The Morgan fingerprint density at radius 3 is 2.29 bits per heavy atom. The van der Waals surface area contributed by atoms with Gasteiger partial charge in [-0.25, -0.2) is 4.39 Å². The molecule has 0 heterocycles. The third-order valence-electron chi connectivity index (χ3n) is 4.13. The van der Waals surface area contributed by atoms with Gasteiger partial charge < -0.3 is 5.32 Å². The Morgan fingerprint density at radius 1 is 0.952 bits per heavy atom. The van der Waals surface area contributed by atoms with Crippen LogP contribution < -0.4 is 5.32 Å². The molecule has 0 aliphatic heterocycles. The third kappa shape index (κ3) is 3.33. The largest absolute Gasteiger partial charge is 0.310 e. The lowest BCUT2D eigenvalue weighted by Crippen LogP contribution is -2.17. The van der Waals surface area contributed by atoms with Crippen LogP contribution in [-0.2, 0) is 0 Å². The van der Waals surface area contributed by atoms with Crippen molar-refractivity contribution in [3.63, 3.8) is 0 Å². The molecule has 1 unspecified atom stereocenters. The van der Waals surface area contributed by atoms with E-state index >= 15 is 0 Å². The highest BCUT2D eigenvalue weighted by Crippen LogP contribution is 2.30. The zero-order valence-corrected chi connectivity index (χ0v) is 13.5. The first kappa shape index (κ1) is 15.7. The van der Waals surface area contributed by atoms with Crippen LogP contribution in [0.2, 0.25) is 0 Å². The number of halogens is 1. The van der Waals surface area contributed by atoms with Crippen LogP contribution >= 0.6 is 0 Å². The summed E-state index contributed by atoms with van der Waals surface area (Å²) in [6, 6.07) is 9.85. The zero-order chi connectivity index (χ0) is 15.6. The molecule has 0 amide bonds. The topological polar surface area (TPSA) is 12.0 Å². The summed E-state index contributed by atoms with van der Waals surface area (Å²) in [6.07, 6.45) is 0. The molecule has 0 spiro atoms. The number of hydrogen-bond donors (Lipinski definition) is 1. The molecular weight excluding hydrogens is 261 g/mol. The van der Waals surface area contributed by atoms with E-state index in [1.807, 2.05) is 19.1 Å². The molecule has 0 radical (unpaired) electrons. The van der Waals surface area contributed by atoms with E-state index in [-0.39, 0.29) is 11.9 Å². The van der Waals surface area contributed by atoms with Crippen LogP contribution in [0.4, 0.5) is 4.39 Å². The Morgan fingerprint density at radius 2 is 1.62 bits per heavy atom. The Hall–Kier alpha value is -1.67. The standard InChI is InChI=1S/C19H24FN/c1-6-21-15(5)16-7-8-19(20)18(11-16)17-10-13(3)12(2)9-14(17)4/h7-11,15,21H,6H2,1-5H3. The van der Waals surface area contributed by atoms with Gasteiger partial charge in [0.25, 0.3) is 0 Å². The van der Waals surface area contributed by atoms with E-state index in [0.717, 1.165) is 23.2 Å². The quantitative estimate of drug-likeness (QED) is 0.825. The number of aryl methyl sites for hydroxylation is 3. The Bertz CT molecular complexity index is 646. The Kier molecular flexibility index (Phi) is 4.79. The fourth-order valence-corrected chi connectivity index (χ4v) is 2.69. The zero-order valence-electron chi connectivity index (χ0n) is 13.5. The maximum absolute atomic E-state index is 14.3. The lowest BCUT2D eigenvalue weighted by atomic mass is 9.93. The maximum atomic E-state index is 14.3. The monoisotopic (exact) mass is 285 g/mol. The van der Waals surface area contributed by atoms with Crippen LogP contribution in [0.5, 0.6) is 0 Å². The van der Waals surface area contributed by atoms with Crippen molar-refractivity contribution in [1.29, 1.82) is 0 Å². The minimum absolute atomic E-state index is 0.159. The molecular formula is C19H24FN. The smallest absolute Gasteiger partial charge is 0.131 e. The van der Waals surface area contributed by atoms with E-state index in [4.69, 9.17) is 0 Å². The summed E-state index contributed by atoms with van der Waals surface area (Å²) in [5.41, 5.74) is 6.35. The van der Waals surface area contributed by atoms with Crippen molar-refractivity contribution in [2.75, 3.05) is 6.54 Å². The lowest BCUT2D eigenvalue weighted by molar-refractivity contribution is 0.593. The van der Waals surface area contributed by atoms with E-state index < -0.39 is 0 Å². The van der Waals surface area contributed by atoms with Gasteiger partial charge in [0.15, 0.2) is 0 Å². The van der Waals surface area contributed by atoms with Crippen LogP contribution in [0.1, 0.15) is 42.1 Å². The van der Waals surface area contributed by atoms with Crippen molar-refractivity contribution in [3.8, 4) is 11.1 Å². The highest BCUT2D eigenvalue weighted by atomic mass is 19.1. The van der Waals surface area contributed by atoms with Gasteiger partial charge in [-0.15, -0.1) is 0 Å². The minimum Gasteiger partial charge on any atom is -0.310 e. The first-order valence-electron chi connectivity index (χ1n) is 7.55. The summed E-state index contributed by atoms with van der Waals surface area (Å²) in [6.45, 7) is 11.3. The molecule has 1 nitrogen and oxygen atoms in total. The molecule has 2 aromatic carbocycles. The van der Waals surface area contributed by atoms with Gasteiger partial charge in [-0.2, -0.15) is 0 Å². The summed E-state index contributed by atoms with van der Waals surface area (Å²) >= 11 is 0. The maximum Gasteiger partial charge on any atom is 0.131 e. The van der Waals surface area contributed by atoms with Crippen LogP contribution in [0, 0.1) is 26.6 Å². The van der Waals surface area contributed by atoms with Crippen molar-refractivity contribution in [1.82, 2.24) is 5.32 Å². The minimum atomic E-state index is -0.159. The second-order valence-electron chi connectivity index (χ2n) is 5.77. The first-order valence-corrected chi connectivity index (χ1v) is 7.55. The molecule has 1 N–H and O–H groups in total. The lowest BCUT2D eigenvalue weighted by Gasteiger charge is -2.16. The fraction of sp³-hybridized carbons (Fsp3) is 0.368. The van der Waals surface area contributed by atoms with Gasteiger partial charge in [-0.05, 0) is 74.2 Å². The molecule has 2 aromatic rings. The second-order valence-corrected chi connectivity index (χ2v) is 5.77. The van der Waals surface area contributed by atoms with E-state index in [2.05, 4.69) is 45.1 Å². The molecule has 2 heteroatoms. The molecule has 2 rings (SSSR count). The number of benzene rings is 2. The van der Waals surface area contributed by atoms with E-state index in [1.165, 1.54) is 11.1 Å². The molecule has 0 aliphatic rings. The van der Waals surface area contributed by atoms with Gasteiger partial charge in [0.2, 0.25) is 0 Å². The normalized spacial score (nSPS) is 12.5. The SMILES string of the molecule is CCNC(C)c1ccc(F)c(-c2cc(C)c(C)cc2C)c1. The molecule has 0 aromatic heterocycles. The molecule has 0 aliphatic carbocycles. The predicted molar refractivity (Wildman–Crippen MR) is 88.1 cm³/mol. The van der Waals surface area contributed by atoms with Gasteiger partial charge in [0, 0.05) is 11.6 Å². The number of rotatable bonds is 4. The van der Waals surface area contributed by atoms with Crippen LogP contribution in [-0.4, -0.2) is 6.54 Å². The summed E-state index contributed by atoms with van der Waals surface area (Å²) in [4.78, 5) is 0. The summed E-state index contributed by atoms with van der Waals surface area (Å²) in [7, 11) is 0. The summed E-state index contributed by atoms with van der Waals surface area (Å²) in [5, 5.41) is 3.37. The highest BCUT2D eigenvalue weighted by Gasteiger charge is 2.12. The van der Waals surface area contributed by atoms with Crippen molar-refractivity contribution in [2.45, 2.75) is 40.7 Å². The van der Waals surface area contributed by atoms with E-state index in [0.29, 0.717) is 5.56 Å². The average molecular weight is 285 g/mol. The van der Waals surface area contributed by atoms with E-state index in [9.17, 15) is 4.39 Å². The van der Waals surface area contributed by atoms with Gasteiger partial charge in [-0.3, -0.25) is 0 Å². The molecule has 1 atom stereocenters. The molecule has 21 heavy (non-hydrogen) atoms. The van der Waals surface area contributed by atoms with Crippen LogP contribution in [0.3, 0.4) is 0 Å². The van der Waals surface area contributed by atoms with E-state index in [1.54, 1.807) is 6.07 Å². The molecule has 112 valence electrons. The summed E-state index contributed by atoms with van der Waals surface area (Å²) < 4.78 is 14.3. The van der Waals surface area contributed by atoms with Gasteiger partial charge in [0.05, 0.1) is 0 Å². The summed E-state index contributed by atoms with van der Waals surface area (Å²) in [5.74, 6) is -0.159. The van der Waals surface area contributed by atoms with Gasteiger partial charge in [0.1, 0.15) is 5.82 Å². The fourth-order valence-electron chi connectivity index (χ4n) is 2.69. The number of hydrogen-bond acceptors (Lipinski definition) is 1. The van der Waals surface area contributed by atoms with Crippen molar-refractivity contribution in [2.24, 2.45) is 0 Å². The van der Waals surface area contributed by atoms with Crippen molar-refractivity contribution < 1.29 is 4.39 Å². The first-order chi connectivity index (χ1) is 9.93. The molecule has 0 saturated heterocycles. The Labute approximate surface area is 127 Å². The second kappa shape index (κ2) is 6.40. The highest BCUT2D eigenvalue weighted by molar-refractivity contribution is 5.70. The van der Waals surface area contributed by atoms with Gasteiger partial charge >= 0.3 is 0 Å². The van der Waals surface area contributed by atoms with Crippen LogP contribution in [0.25, 0.3) is 11.1 Å². The van der Waals surface area contributed by atoms with Crippen LogP contribution in [0.15, 0.2) is 30.3 Å². The van der Waals surface area contributed by atoms with Gasteiger partial charge in [-0.1, -0.05) is 25.1 Å². The molecule has 0 saturated carbocycles. The molecule has 0 bridgehead atoms.